The van der Waals surface area contributed by atoms with Gasteiger partial charge in [0.25, 0.3) is 0 Å². The molecule has 2 aliphatic rings. The molecule has 1 aliphatic heterocycles. The van der Waals surface area contributed by atoms with Crippen LogP contribution in [0.5, 0.6) is 5.75 Å². The molecule has 1 heterocycles. The van der Waals surface area contributed by atoms with Crippen LogP contribution in [0.4, 0.5) is 0 Å². The normalized spacial score (nSPS) is 23.4. The van der Waals surface area contributed by atoms with Crippen LogP contribution in [-0.4, -0.2) is 66.2 Å². The van der Waals surface area contributed by atoms with Crippen LogP contribution in [0, 0.1) is 0 Å². The number of hydrogen-bond donors (Lipinski definition) is 1. The van der Waals surface area contributed by atoms with E-state index >= 15 is 0 Å². The van der Waals surface area contributed by atoms with E-state index in [4.69, 9.17) is 4.74 Å². The quantitative estimate of drug-likeness (QED) is 0.879. The zero-order chi connectivity index (χ0) is 18.4. The molecule has 1 amide bonds. The number of amides is 1. The van der Waals surface area contributed by atoms with Crippen molar-refractivity contribution in [1.29, 1.82) is 0 Å². The molecule has 1 aromatic rings. The van der Waals surface area contributed by atoms with Crippen molar-refractivity contribution in [3.8, 4) is 5.75 Å². The molecule has 1 unspecified atom stereocenters. The third-order valence-electron chi connectivity index (χ3n) is 5.36. The van der Waals surface area contributed by atoms with Crippen molar-refractivity contribution in [2.75, 3.05) is 33.3 Å². The van der Waals surface area contributed by atoms with E-state index in [0.717, 1.165) is 24.2 Å². The van der Waals surface area contributed by atoms with E-state index in [1.54, 1.807) is 7.11 Å². The van der Waals surface area contributed by atoms with Gasteiger partial charge in [0.1, 0.15) is 5.75 Å². The summed E-state index contributed by atoms with van der Waals surface area (Å²) in [6.45, 7) is 2.07. The molecule has 0 bridgehead atoms. The van der Waals surface area contributed by atoms with E-state index in [2.05, 4.69) is 6.08 Å². The van der Waals surface area contributed by atoms with Gasteiger partial charge in [-0.3, -0.25) is 9.69 Å². The SMILES string of the molecule is COc1ccc(/C=C/CN2CC(=O)N(C3CCCCC3)CC(O)C2)cc1. The first-order chi connectivity index (χ1) is 12.7. The number of aliphatic hydroxyl groups is 1. The number of hydrogen-bond acceptors (Lipinski definition) is 4. The summed E-state index contributed by atoms with van der Waals surface area (Å²) < 4.78 is 5.16. The van der Waals surface area contributed by atoms with Crippen LogP contribution in [0.25, 0.3) is 6.08 Å². The van der Waals surface area contributed by atoms with Crippen LogP contribution >= 0.6 is 0 Å². The van der Waals surface area contributed by atoms with Crippen molar-refractivity contribution in [2.24, 2.45) is 0 Å². The highest BCUT2D eigenvalue weighted by atomic mass is 16.5. The number of carbonyl (C=O) groups is 1. The maximum atomic E-state index is 12.7. The van der Waals surface area contributed by atoms with Gasteiger partial charge in [0.05, 0.1) is 19.8 Å². The predicted octanol–water partition coefficient (Wildman–Crippen LogP) is 2.55. The minimum Gasteiger partial charge on any atom is -0.497 e. The summed E-state index contributed by atoms with van der Waals surface area (Å²) in [6.07, 6.45) is 9.43. The molecule has 0 radical (unpaired) electrons. The van der Waals surface area contributed by atoms with Gasteiger partial charge in [0.2, 0.25) is 5.91 Å². The highest BCUT2D eigenvalue weighted by Gasteiger charge is 2.31. The molecule has 1 saturated heterocycles. The second-order valence-electron chi connectivity index (χ2n) is 7.36. The summed E-state index contributed by atoms with van der Waals surface area (Å²) in [5, 5.41) is 10.4. The first-order valence-electron chi connectivity index (χ1n) is 9.66. The van der Waals surface area contributed by atoms with Crippen molar-refractivity contribution in [2.45, 2.75) is 44.2 Å². The monoisotopic (exact) mass is 358 g/mol. The smallest absolute Gasteiger partial charge is 0.237 e. The molecule has 3 rings (SSSR count). The Hall–Kier alpha value is -1.85. The van der Waals surface area contributed by atoms with E-state index in [1.165, 1.54) is 19.3 Å². The fourth-order valence-electron chi connectivity index (χ4n) is 3.97. The summed E-state index contributed by atoms with van der Waals surface area (Å²) in [5.41, 5.74) is 1.09. The van der Waals surface area contributed by atoms with Gasteiger partial charge in [-0.25, -0.2) is 0 Å². The maximum Gasteiger partial charge on any atom is 0.237 e. The molecule has 0 spiro atoms. The summed E-state index contributed by atoms with van der Waals surface area (Å²) in [6, 6.07) is 8.19. The zero-order valence-electron chi connectivity index (χ0n) is 15.6. The number of rotatable bonds is 5. The van der Waals surface area contributed by atoms with Gasteiger partial charge >= 0.3 is 0 Å². The Morgan fingerprint density at radius 3 is 2.58 bits per heavy atom. The van der Waals surface area contributed by atoms with Crippen LogP contribution in [0.1, 0.15) is 37.7 Å². The maximum absolute atomic E-state index is 12.7. The predicted molar refractivity (Wildman–Crippen MR) is 103 cm³/mol. The fraction of sp³-hybridized carbons (Fsp3) is 0.571. The van der Waals surface area contributed by atoms with Crippen LogP contribution in [0.2, 0.25) is 0 Å². The van der Waals surface area contributed by atoms with Crippen LogP contribution in [0.15, 0.2) is 30.3 Å². The van der Waals surface area contributed by atoms with E-state index in [1.807, 2.05) is 40.1 Å². The Kier molecular flexibility index (Phi) is 6.69. The summed E-state index contributed by atoms with van der Waals surface area (Å²) in [5.74, 6) is 0.998. The number of carbonyl (C=O) groups excluding carboxylic acids is 1. The molecule has 1 atom stereocenters. The van der Waals surface area contributed by atoms with Crippen LogP contribution < -0.4 is 4.74 Å². The lowest BCUT2D eigenvalue weighted by atomic mass is 9.94. The topological polar surface area (TPSA) is 53.0 Å². The first-order valence-corrected chi connectivity index (χ1v) is 9.66. The number of benzene rings is 1. The second-order valence-corrected chi connectivity index (χ2v) is 7.36. The second kappa shape index (κ2) is 9.19. The number of methoxy groups -OCH3 is 1. The van der Waals surface area contributed by atoms with E-state index in [0.29, 0.717) is 32.2 Å². The zero-order valence-corrected chi connectivity index (χ0v) is 15.6. The lowest BCUT2D eigenvalue weighted by Crippen LogP contribution is -2.45. The Morgan fingerprint density at radius 1 is 1.15 bits per heavy atom. The third-order valence-corrected chi connectivity index (χ3v) is 5.36. The summed E-state index contributed by atoms with van der Waals surface area (Å²) >= 11 is 0. The number of nitrogens with zero attached hydrogens (tertiary/aromatic N) is 2. The molecule has 1 N–H and O–H groups in total. The summed E-state index contributed by atoms with van der Waals surface area (Å²) in [4.78, 5) is 16.7. The van der Waals surface area contributed by atoms with Crippen molar-refractivity contribution >= 4 is 12.0 Å². The van der Waals surface area contributed by atoms with E-state index in [9.17, 15) is 9.90 Å². The lowest BCUT2D eigenvalue weighted by molar-refractivity contribution is -0.134. The molecule has 5 heteroatoms. The molecule has 1 aliphatic carbocycles. The van der Waals surface area contributed by atoms with Gasteiger partial charge in [-0.15, -0.1) is 0 Å². The van der Waals surface area contributed by atoms with Gasteiger partial charge < -0.3 is 14.7 Å². The summed E-state index contributed by atoms with van der Waals surface area (Å²) in [7, 11) is 1.66. The molecule has 0 aromatic heterocycles. The van der Waals surface area contributed by atoms with Gasteiger partial charge in [-0.05, 0) is 30.5 Å². The Morgan fingerprint density at radius 2 is 1.88 bits per heavy atom. The third kappa shape index (κ3) is 5.08. The van der Waals surface area contributed by atoms with Crippen LogP contribution in [-0.2, 0) is 4.79 Å². The Balaban J connectivity index is 1.56. The molecule has 1 aromatic carbocycles. The van der Waals surface area contributed by atoms with Gasteiger partial charge in [0, 0.05) is 25.7 Å². The molecular formula is C21H30N2O3. The van der Waals surface area contributed by atoms with Crippen molar-refractivity contribution in [3.05, 3.63) is 35.9 Å². The van der Waals surface area contributed by atoms with Crippen molar-refractivity contribution < 1.29 is 14.6 Å². The minimum absolute atomic E-state index is 0.159. The molecule has 142 valence electrons. The molecular weight excluding hydrogens is 328 g/mol. The lowest BCUT2D eigenvalue weighted by Gasteiger charge is -2.34. The molecule has 26 heavy (non-hydrogen) atoms. The van der Waals surface area contributed by atoms with E-state index in [-0.39, 0.29) is 5.91 Å². The highest BCUT2D eigenvalue weighted by Crippen LogP contribution is 2.24. The molecule has 5 nitrogen and oxygen atoms in total. The minimum atomic E-state index is -0.474. The van der Waals surface area contributed by atoms with Crippen LogP contribution in [0.3, 0.4) is 0 Å². The largest absolute Gasteiger partial charge is 0.497 e. The van der Waals surface area contributed by atoms with Gasteiger partial charge in [-0.2, -0.15) is 0 Å². The Labute approximate surface area is 156 Å². The number of β-amino-alcohol motifs (C(OH)–C–C–N with tert-alkyl or cyclic N) is 1. The van der Waals surface area contributed by atoms with Crippen molar-refractivity contribution in [1.82, 2.24) is 9.80 Å². The fourth-order valence-corrected chi connectivity index (χ4v) is 3.97. The average Bonchev–Trinajstić information content (AvgIpc) is 2.81. The number of aliphatic hydroxyl groups excluding tert-OH is 1. The standard InChI is InChI=1S/C21H30N2O3/c1-26-20-11-9-17(10-12-20)6-5-13-22-14-19(24)15-23(21(25)16-22)18-7-3-2-4-8-18/h5-6,9-12,18-19,24H,2-4,7-8,13-16H2,1H3/b6-5+. The van der Waals surface area contributed by atoms with Gasteiger partial charge in [0.15, 0.2) is 0 Å². The van der Waals surface area contributed by atoms with E-state index < -0.39 is 6.10 Å². The molecule has 1 saturated carbocycles. The molecule has 2 fully saturated rings. The highest BCUT2D eigenvalue weighted by molar-refractivity contribution is 5.79. The average molecular weight is 358 g/mol. The first kappa shape index (κ1) is 18.9. The Bertz CT molecular complexity index is 608. The number of ether oxygens (including phenoxy) is 1. The van der Waals surface area contributed by atoms with Gasteiger partial charge in [-0.1, -0.05) is 43.5 Å². The van der Waals surface area contributed by atoms with Crippen molar-refractivity contribution in [3.63, 3.8) is 0 Å².